The Balaban J connectivity index is 2.24. The lowest BCUT2D eigenvalue weighted by Crippen LogP contribution is -2.29. The van der Waals surface area contributed by atoms with Gasteiger partial charge in [0.1, 0.15) is 6.10 Å². The van der Waals surface area contributed by atoms with Crippen molar-refractivity contribution in [3.63, 3.8) is 0 Å². The van der Waals surface area contributed by atoms with Gasteiger partial charge < -0.3 is 34.6 Å². The van der Waals surface area contributed by atoms with Crippen molar-refractivity contribution < 1.29 is 34.6 Å². The number of methoxy groups -OCH3 is 2. The molecule has 0 aromatic heterocycles. The van der Waals surface area contributed by atoms with Crippen molar-refractivity contribution in [1.82, 2.24) is 0 Å². The van der Waals surface area contributed by atoms with Crippen molar-refractivity contribution in [3.05, 3.63) is 53.6 Å². The second-order valence-electron chi connectivity index (χ2n) is 5.71. The number of aliphatic hydroxyl groups is 3. The molecular formula is C20H24O7. The molecule has 0 aliphatic heterocycles. The predicted molar refractivity (Wildman–Crippen MR) is 100 cm³/mol. The van der Waals surface area contributed by atoms with Crippen LogP contribution in [0, 0.1) is 0 Å². The van der Waals surface area contributed by atoms with Gasteiger partial charge in [-0.15, -0.1) is 0 Å². The van der Waals surface area contributed by atoms with E-state index in [1.807, 2.05) is 0 Å². The van der Waals surface area contributed by atoms with Gasteiger partial charge in [-0.2, -0.15) is 0 Å². The van der Waals surface area contributed by atoms with Crippen molar-refractivity contribution in [1.29, 1.82) is 0 Å². The zero-order valence-electron chi connectivity index (χ0n) is 15.2. The number of benzene rings is 2. The molecule has 2 aromatic rings. The number of rotatable bonds is 9. The van der Waals surface area contributed by atoms with E-state index < -0.39 is 18.8 Å². The maximum atomic E-state index is 10.6. The number of aromatic hydroxyl groups is 1. The van der Waals surface area contributed by atoms with Gasteiger partial charge in [0, 0.05) is 0 Å². The van der Waals surface area contributed by atoms with Crippen LogP contribution in [0.25, 0.3) is 6.08 Å². The normalized spacial score (nSPS) is 13.4. The Kier molecular flexibility index (Phi) is 7.48. The van der Waals surface area contributed by atoms with Crippen LogP contribution >= 0.6 is 0 Å². The van der Waals surface area contributed by atoms with E-state index in [0.717, 1.165) is 5.56 Å². The fraction of sp³-hybridized carbons (Fsp3) is 0.300. The van der Waals surface area contributed by atoms with E-state index in [1.54, 1.807) is 30.4 Å². The standard InChI is InChI=1S/C20H24O7/c1-25-17-11-14(6-7-15(17)23)20(24)19(12-22)27-16-8-5-13(4-3-9-21)10-18(16)26-2/h3-8,10-11,19-24H,9,12H2,1-2H3/t19-,20+/m0/s1. The fourth-order valence-corrected chi connectivity index (χ4v) is 2.53. The lowest BCUT2D eigenvalue weighted by molar-refractivity contribution is -0.000515. The summed E-state index contributed by atoms with van der Waals surface area (Å²) in [4.78, 5) is 0. The Hall–Kier alpha value is -2.74. The molecule has 7 nitrogen and oxygen atoms in total. The maximum Gasteiger partial charge on any atom is 0.161 e. The summed E-state index contributed by atoms with van der Waals surface area (Å²) in [7, 11) is 2.89. The molecule has 2 atom stereocenters. The lowest BCUT2D eigenvalue weighted by atomic mass is 10.0. The third-order valence-corrected chi connectivity index (χ3v) is 3.96. The van der Waals surface area contributed by atoms with Crippen LogP contribution in [0.5, 0.6) is 23.0 Å². The first kappa shape index (κ1) is 20.6. The molecular weight excluding hydrogens is 352 g/mol. The Bertz CT molecular complexity index is 773. The summed E-state index contributed by atoms with van der Waals surface area (Å²) in [6.07, 6.45) is 1.19. The zero-order chi connectivity index (χ0) is 19.8. The highest BCUT2D eigenvalue weighted by Gasteiger charge is 2.24. The van der Waals surface area contributed by atoms with Crippen molar-refractivity contribution in [2.24, 2.45) is 0 Å². The Labute approximate surface area is 157 Å². The van der Waals surface area contributed by atoms with E-state index in [4.69, 9.17) is 19.3 Å². The van der Waals surface area contributed by atoms with Crippen LogP contribution in [0.1, 0.15) is 17.2 Å². The summed E-state index contributed by atoms with van der Waals surface area (Å²) in [5.41, 5.74) is 1.22. The number of hydrogen-bond donors (Lipinski definition) is 4. The molecule has 0 amide bonds. The van der Waals surface area contributed by atoms with Crippen LogP contribution in [0.2, 0.25) is 0 Å². The van der Waals surface area contributed by atoms with Crippen molar-refractivity contribution in [3.8, 4) is 23.0 Å². The topological polar surface area (TPSA) is 109 Å². The maximum absolute atomic E-state index is 10.6. The van der Waals surface area contributed by atoms with Gasteiger partial charge in [0.25, 0.3) is 0 Å². The summed E-state index contributed by atoms with van der Waals surface area (Å²) < 4.78 is 16.1. The van der Waals surface area contributed by atoms with Crippen LogP contribution in [-0.2, 0) is 0 Å². The molecule has 7 heteroatoms. The highest BCUT2D eigenvalue weighted by Crippen LogP contribution is 2.34. The van der Waals surface area contributed by atoms with E-state index in [2.05, 4.69) is 0 Å². The van der Waals surface area contributed by atoms with Gasteiger partial charge in [0.15, 0.2) is 29.1 Å². The molecule has 0 spiro atoms. The first-order chi connectivity index (χ1) is 13.0. The van der Waals surface area contributed by atoms with Gasteiger partial charge >= 0.3 is 0 Å². The van der Waals surface area contributed by atoms with Crippen molar-refractivity contribution in [2.45, 2.75) is 12.2 Å². The Morgan fingerprint density at radius 1 is 0.963 bits per heavy atom. The lowest BCUT2D eigenvalue weighted by Gasteiger charge is -2.24. The van der Waals surface area contributed by atoms with Gasteiger partial charge in [-0.3, -0.25) is 0 Å². The van der Waals surface area contributed by atoms with Crippen LogP contribution < -0.4 is 14.2 Å². The van der Waals surface area contributed by atoms with Crippen molar-refractivity contribution in [2.75, 3.05) is 27.4 Å². The van der Waals surface area contributed by atoms with E-state index in [0.29, 0.717) is 17.1 Å². The number of aliphatic hydroxyl groups excluding tert-OH is 3. The summed E-state index contributed by atoms with van der Waals surface area (Å²) in [5.74, 6) is 0.926. The molecule has 2 rings (SSSR count). The molecule has 0 unspecified atom stereocenters. The minimum Gasteiger partial charge on any atom is -0.504 e. The van der Waals surface area contributed by atoms with Crippen LogP contribution in [0.15, 0.2) is 42.5 Å². The minimum absolute atomic E-state index is 0.0527. The monoisotopic (exact) mass is 376 g/mol. The predicted octanol–water partition coefficient (Wildman–Crippen LogP) is 1.89. The second-order valence-corrected chi connectivity index (χ2v) is 5.71. The van der Waals surface area contributed by atoms with Gasteiger partial charge in [-0.25, -0.2) is 0 Å². The SMILES string of the molecule is COc1cc([C@@H](O)[C@H](CO)Oc2ccc(C=CCO)cc2OC)ccc1O. The van der Waals surface area contributed by atoms with Crippen molar-refractivity contribution >= 4 is 6.08 Å². The summed E-state index contributed by atoms with van der Waals surface area (Å²) in [6.45, 7) is -0.519. The van der Waals surface area contributed by atoms with E-state index in [9.17, 15) is 15.3 Å². The third kappa shape index (κ3) is 5.13. The fourth-order valence-electron chi connectivity index (χ4n) is 2.53. The van der Waals surface area contributed by atoms with E-state index >= 15 is 0 Å². The van der Waals surface area contributed by atoms with Gasteiger partial charge in [0.2, 0.25) is 0 Å². The molecule has 0 saturated carbocycles. The molecule has 0 aliphatic rings. The molecule has 0 saturated heterocycles. The molecule has 4 N–H and O–H groups in total. The largest absolute Gasteiger partial charge is 0.504 e. The molecule has 0 aliphatic carbocycles. The average Bonchev–Trinajstić information content (AvgIpc) is 2.70. The Morgan fingerprint density at radius 2 is 1.70 bits per heavy atom. The minimum atomic E-state index is -1.16. The summed E-state index contributed by atoms with van der Waals surface area (Å²) in [5, 5.41) is 38.8. The zero-order valence-corrected chi connectivity index (χ0v) is 15.2. The van der Waals surface area contributed by atoms with Crippen LogP contribution in [0.3, 0.4) is 0 Å². The van der Waals surface area contributed by atoms with Gasteiger partial charge in [-0.1, -0.05) is 24.3 Å². The molecule has 0 heterocycles. The molecule has 0 fully saturated rings. The number of ether oxygens (including phenoxy) is 3. The first-order valence-corrected chi connectivity index (χ1v) is 8.32. The van der Waals surface area contributed by atoms with E-state index in [1.165, 1.54) is 32.4 Å². The smallest absolute Gasteiger partial charge is 0.161 e. The molecule has 146 valence electrons. The quantitative estimate of drug-likeness (QED) is 0.529. The molecule has 0 bridgehead atoms. The van der Waals surface area contributed by atoms with Gasteiger partial charge in [0.05, 0.1) is 27.4 Å². The highest BCUT2D eigenvalue weighted by atomic mass is 16.5. The average molecular weight is 376 g/mol. The first-order valence-electron chi connectivity index (χ1n) is 8.32. The third-order valence-electron chi connectivity index (χ3n) is 3.96. The summed E-state index contributed by atoms with van der Waals surface area (Å²) in [6, 6.07) is 9.53. The molecule has 27 heavy (non-hydrogen) atoms. The Morgan fingerprint density at radius 3 is 2.33 bits per heavy atom. The number of phenolic OH excluding ortho intramolecular Hbond substituents is 1. The van der Waals surface area contributed by atoms with E-state index in [-0.39, 0.29) is 18.1 Å². The van der Waals surface area contributed by atoms with Crippen LogP contribution in [0.4, 0.5) is 0 Å². The number of hydrogen-bond acceptors (Lipinski definition) is 7. The highest BCUT2D eigenvalue weighted by molar-refractivity contribution is 5.56. The second kappa shape index (κ2) is 9.82. The summed E-state index contributed by atoms with van der Waals surface area (Å²) >= 11 is 0. The molecule has 0 radical (unpaired) electrons. The van der Waals surface area contributed by atoms with Gasteiger partial charge in [-0.05, 0) is 35.4 Å². The van der Waals surface area contributed by atoms with Crippen LogP contribution in [-0.4, -0.2) is 54.0 Å². The molecule has 2 aromatic carbocycles. The number of phenols is 1.